The molecule has 1 aromatic heterocycles. The number of ether oxygens (including phenoxy) is 2. The molecule has 4 rings (SSSR count). The molecule has 162 valence electrons. The highest BCUT2D eigenvalue weighted by atomic mass is 16.5. The number of fused-ring (bicyclic) bond motifs is 1. The van der Waals surface area contributed by atoms with E-state index in [1.807, 2.05) is 46.7 Å². The monoisotopic (exact) mass is 421 g/mol. The van der Waals surface area contributed by atoms with Gasteiger partial charge in [-0.2, -0.15) is 4.98 Å². The van der Waals surface area contributed by atoms with Crippen molar-refractivity contribution in [3.05, 3.63) is 59.2 Å². The van der Waals surface area contributed by atoms with Crippen LogP contribution in [0, 0.1) is 0 Å². The highest BCUT2D eigenvalue weighted by Crippen LogP contribution is 2.25. The Hall–Kier alpha value is -3.35. The van der Waals surface area contributed by atoms with Crippen molar-refractivity contribution in [3.8, 4) is 6.01 Å². The van der Waals surface area contributed by atoms with Gasteiger partial charge in [0.05, 0.1) is 36.9 Å². The van der Waals surface area contributed by atoms with Gasteiger partial charge in [0.1, 0.15) is 0 Å². The smallest absolute Gasteiger partial charge is 0.337 e. The minimum atomic E-state index is -0.365. The Morgan fingerprint density at radius 2 is 1.71 bits per heavy atom. The molecular weight excluding hydrogens is 394 g/mol. The van der Waals surface area contributed by atoms with Crippen molar-refractivity contribution in [3.63, 3.8) is 0 Å². The first-order valence-corrected chi connectivity index (χ1v) is 10.7. The normalized spacial score (nSPS) is 13.9. The Kier molecular flexibility index (Phi) is 6.21. The number of likely N-dealkylation sites (tertiary alicyclic amines) is 1. The van der Waals surface area contributed by atoms with E-state index >= 15 is 0 Å². The van der Waals surface area contributed by atoms with Crippen molar-refractivity contribution < 1.29 is 19.1 Å². The van der Waals surface area contributed by atoms with Crippen LogP contribution in [0.1, 0.15) is 52.5 Å². The number of aromatic nitrogens is 2. The van der Waals surface area contributed by atoms with Crippen LogP contribution in [0.5, 0.6) is 6.01 Å². The maximum absolute atomic E-state index is 13.0. The molecule has 31 heavy (non-hydrogen) atoms. The lowest BCUT2D eigenvalue weighted by Crippen LogP contribution is -2.35. The molecule has 0 bridgehead atoms. The van der Waals surface area contributed by atoms with E-state index in [-0.39, 0.29) is 11.9 Å². The van der Waals surface area contributed by atoms with E-state index in [4.69, 9.17) is 9.47 Å². The summed E-state index contributed by atoms with van der Waals surface area (Å²) in [5.74, 6) is -0.301. The van der Waals surface area contributed by atoms with E-state index in [9.17, 15) is 9.59 Å². The zero-order valence-corrected chi connectivity index (χ0v) is 18.0. The van der Waals surface area contributed by atoms with Crippen molar-refractivity contribution in [2.45, 2.75) is 32.7 Å². The molecule has 7 heteroatoms. The van der Waals surface area contributed by atoms with E-state index in [1.54, 1.807) is 12.1 Å². The Bertz CT molecular complexity index is 1080. The molecule has 1 amide bonds. The Labute approximate surface area is 181 Å². The van der Waals surface area contributed by atoms with Crippen molar-refractivity contribution in [2.24, 2.45) is 0 Å². The number of methoxy groups -OCH3 is 1. The molecule has 1 aliphatic rings. The molecule has 7 nitrogen and oxygen atoms in total. The second-order valence-corrected chi connectivity index (χ2v) is 7.66. The molecule has 0 aliphatic carbocycles. The topological polar surface area (TPSA) is 73.7 Å². The molecule has 1 aliphatic heterocycles. The predicted molar refractivity (Wildman–Crippen MR) is 118 cm³/mol. The molecule has 0 radical (unpaired) electrons. The number of amides is 1. The molecule has 1 fully saturated rings. The lowest BCUT2D eigenvalue weighted by molar-refractivity contribution is 0.0600. The molecule has 0 atom stereocenters. The van der Waals surface area contributed by atoms with Crippen LogP contribution in [-0.2, 0) is 11.3 Å². The van der Waals surface area contributed by atoms with Crippen LogP contribution in [0.4, 0.5) is 0 Å². The van der Waals surface area contributed by atoms with Crippen molar-refractivity contribution in [1.82, 2.24) is 14.5 Å². The summed E-state index contributed by atoms with van der Waals surface area (Å²) in [5, 5.41) is 0. The van der Waals surface area contributed by atoms with Gasteiger partial charge in [-0.25, -0.2) is 4.79 Å². The number of carbonyl (C=O) groups excluding carboxylic acids is 2. The molecule has 0 N–H and O–H groups in total. The van der Waals surface area contributed by atoms with Gasteiger partial charge in [-0.1, -0.05) is 12.1 Å². The van der Waals surface area contributed by atoms with Crippen LogP contribution < -0.4 is 4.74 Å². The SMILES string of the molecule is CCOc1nc2ccc(C(=O)N3CCCCC3)cc2n1Cc1ccc(C(=O)OC)cc1. The summed E-state index contributed by atoms with van der Waals surface area (Å²) in [6.45, 7) is 4.54. The number of piperidine rings is 1. The summed E-state index contributed by atoms with van der Waals surface area (Å²) in [6.07, 6.45) is 3.30. The van der Waals surface area contributed by atoms with Crippen LogP contribution in [-0.4, -0.2) is 53.1 Å². The van der Waals surface area contributed by atoms with E-state index in [0.717, 1.165) is 42.5 Å². The first-order valence-electron chi connectivity index (χ1n) is 10.7. The summed E-state index contributed by atoms with van der Waals surface area (Å²) in [5.41, 5.74) is 3.79. The summed E-state index contributed by atoms with van der Waals surface area (Å²) < 4.78 is 12.5. The number of hydrogen-bond acceptors (Lipinski definition) is 5. The van der Waals surface area contributed by atoms with E-state index in [0.29, 0.717) is 30.3 Å². The van der Waals surface area contributed by atoms with Gasteiger partial charge in [0.2, 0.25) is 0 Å². The maximum Gasteiger partial charge on any atom is 0.337 e. The largest absolute Gasteiger partial charge is 0.465 e. The van der Waals surface area contributed by atoms with Gasteiger partial charge < -0.3 is 14.4 Å². The van der Waals surface area contributed by atoms with Gasteiger partial charge in [-0.15, -0.1) is 0 Å². The van der Waals surface area contributed by atoms with Gasteiger partial charge in [0, 0.05) is 18.7 Å². The number of hydrogen-bond donors (Lipinski definition) is 0. The third-order valence-electron chi connectivity index (χ3n) is 5.59. The zero-order valence-electron chi connectivity index (χ0n) is 18.0. The molecular formula is C24H27N3O4. The summed E-state index contributed by atoms with van der Waals surface area (Å²) in [4.78, 5) is 31.2. The summed E-state index contributed by atoms with van der Waals surface area (Å²) >= 11 is 0. The second-order valence-electron chi connectivity index (χ2n) is 7.66. The Morgan fingerprint density at radius 3 is 2.39 bits per heavy atom. The van der Waals surface area contributed by atoms with Gasteiger partial charge in [-0.05, 0) is 62.1 Å². The number of carbonyl (C=O) groups is 2. The second kappa shape index (κ2) is 9.20. The molecule has 0 unspecified atom stereocenters. The third kappa shape index (κ3) is 4.40. The Morgan fingerprint density at radius 1 is 1.00 bits per heavy atom. The summed E-state index contributed by atoms with van der Waals surface area (Å²) in [7, 11) is 1.37. The zero-order chi connectivity index (χ0) is 21.8. The fourth-order valence-electron chi connectivity index (χ4n) is 3.95. The van der Waals surface area contributed by atoms with Crippen molar-refractivity contribution in [2.75, 3.05) is 26.8 Å². The lowest BCUT2D eigenvalue weighted by Gasteiger charge is -2.26. The molecule has 1 saturated heterocycles. The van der Waals surface area contributed by atoms with Crippen LogP contribution in [0.15, 0.2) is 42.5 Å². The fourth-order valence-corrected chi connectivity index (χ4v) is 3.95. The number of imidazole rings is 1. The van der Waals surface area contributed by atoms with Crippen LogP contribution in [0.2, 0.25) is 0 Å². The first-order chi connectivity index (χ1) is 15.1. The van der Waals surface area contributed by atoms with Crippen molar-refractivity contribution in [1.29, 1.82) is 0 Å². The van der Waals surface area contributed by atoms with Crippen LogP contribution in [0.3, 0.4) is 0 Å². The van der Waals surface area contributed by atoms with E-state index in [2.05, 4.69) is 4.98 Å². The number of rotatable bonds is 6. The minimum Gasteiger partial charge on any atom is -0.465 e. The van der Waals surface area contributed by atoms with Gasteiger partial charge >= 0.3 is 5.97 Å². The first kappa shape index (κ1) is 20.9. The molecule has 2 aromatic carbocycles. The third-order valence-corrected chi connectivity index (χ3v) is 5.59. The number of esters is 1. The molecule has 3 aromatic rings. The fraction of sp³-hybridized carbons (Fsp3) is 0.375. The highest BCUT2D eigenvalue weighted by molar-refractivity contribution is 5.97. The Balaban J connectivity index is 1.67. The minimum absolute atomic E-state index is 0.0646. The summed E-state index contributed by atoms with van der Waals surface area (Å²) in [6, 6.07) is 13.4. The lowest BCUT2D eigenvalue weighted by atomic mass is 10.1. The predicted octanol–water partition coefficient (Wildman–Crippen LogP) is 3.90. The maximum atomic E-state index is 13.0. The average Bonchev–Trinajstić information content (AvgIpc) is 3.15. The van der Waals surface area contributed by atoms with Crippen molar-refractivity contribution >= 4 is 22.9 Å². The van der Waals surface area contributed by atoms with Crippen LogP contribution >= 0.6 is 0 Å². The standard InChI is InChI=1S/C24H27N3O4/c1-3-31-24-25-20-12-11-19(22(28)26-13-5-4-6-14-26)15-21(20)27(24)16-17-7-9-18(10-8-17)23(29)30-2/h7-12,15H,3-6,13-14,16H2,1-2H3. The van der Waals surface area contributed by atoms with Gasteiger partial charge in [-0.3, -0.25) is 9.36 Å². The molecule has 0 spiro atoms. The van der Waals surface area contributed by atoms with E-state index < -0.39 is 0 Å². The van der Waals surface area contributed by atoms with E-state index in [1.165, 1.54) is 13.5 Å². The van der Waals surface area contributed by atoms with Crippen LogP contribution in [0.25, 0.3) is 11.0 Å². The number of benzene rings is 2. The molecule has 2 heterocycles. The quantitative estimate of drug-likeness (QED) is 0.565. The highest BCUT2D eigenvalue weighted by Gasteiger charge is 2.20. The molecule has 0 saturated carbocycles. The average molecular weight is 421 g/mol. The number of nitrogens with zero attached hydrogens (tertiary/aromatic N) is 3. The van der Waals surface area contributed by atoms with Gasteiger partial charge in [0.25, 0.3) is 11.9 Å². The van der Waals surface area contributed by atoms with Gasteiger partial charge in [0.15, 0.2) is 0 Å².